The number of anilines is 2. The number of thiazole rings is 1. The highest BCUT2D eigenvalue weighted by molar-refractivity contribution is 7.13. The molecule has 1 saturated heterocycles. The van der Waals surface area contributed by atoms with Gasteiger partial charge in [0.25, 0.3) is 0 Å². The molecule has 122 valence electrons. The van der Waals surface area contributed by atoms with Gasteiger partial charge in [-0.1, -0.05) is 17.7 Å². The Morgan fingerprint density at radius 2 is 2.22 bits per heavy atom. The van der Waals surface area contributed by atoms with Gasteiger partial charge < -0.3 is 16.0 Å². The van der Waals surface area contributed by atoms with E-state index in [2.05, 4.69) is 46.9 Å². The van der Waals surface area contributed by atoms with Gasteiger partial charge in [0.1, 0.15) is 12.2 Å². The summed E-state index contributed by atoms with van der Waals surface area (Å²) < 4.78 is 0. The Hall–Kier alpha value is -1.92. The van der Waals surface area contributed by atoms with Crippen molar-refractivity contribution in [3.8, 4) is 0 Å². The van der Waals surface area contributed by atoms with E-state index in [1.165, 1.54) is 10.5 Å². The lowest BCUT2D eigenvalue weighted by Gasteiger charge is -2.27. The van der Waals surface area contributed by atoms with Crippen molar-refractivity contribution in [3.05, 3.63) is 40.9 Å². The molecule has 1 amide bonds. The molecule has 0 radical (unpaired) electrons. The third-order valence-corrected chi connectivity index (χ3v) is 5.11. The van der Waals surface area contributed by atoms with Crippen molar-refractivity contribution in [2.24, 2.45) is 11.7 Å². The summed E-state index contributed by atoms with van der Waals surface area (Å²) in [6, 6.07) is 8.28. The van der Waals surface area contributed by atoms with Crippen LogP contribution in [0, 0.1) is 12.8 Å². The second-order valence-corrected chi connectivity index (χ2v) is 7.12. The van der Waals surface area contributed by atoms with E-state index in [0.29, 0.717) is 0 Å². The van der Waals surface area contributed by atoms with Crippen LogP contribution < -0.4 is 16.0 Å². The van der Waals surface area contributed by atoms with Crippen LogP contribution in [0.25, 0.3) is 0 Å². The van der Waals surface area contributed by atoms with E-state index < -0.39 is 0 Å². The Morgan fingerprint density at radius 3 is 2.96 bits per heavy atom. The van der Waals surface area contributed by atoms with Gasteiger partial charge in [-0.2, -0.15) is 0 Å². The van der Waals surface area contributed by atoms with Crippen LogP contribution in [0.15, 0.2) is 29.6 Å². The van der Waals surface area contributed by atoms with Gasteiger partial charge in [0, 0.05) is 11.1 Å². The van der Waals surface area contributed by atoms with Crippen molar-refractivity contribution in [1.29, 1.82) is 0 Å². The van der Waals surface area contributed by atoms with E-state index in [0.717, 1.165) is 49.0 Å². The number of aryl methyl sites for hydroxylation is 1. The zero-order valence-corrected chi connectivity index (χ0v) is 14.2. The first-order valence-corrected chi connectivity index (χ1v) is 8.89. The molecule has 1 unspecified atom stereocenters. The fraction of sp³-hybridized carbons (Fsp3) is 0.412. The van der Waals surface area contributed by atoms with E-state index in [9.17, 15) is 4.79 Å². The van der Waals surface area contributed by atoms with E-state index >= 15 is 0 Å². The smallest absolute Gasteiger partial charge is 0.226 e. The first-order chi connectivity index (χ1) is 11.1. The summed E-state index contributed by atoms with van der Waals surface area (Å²) in [5.74, 6) is -0.148. The molecule has 3 rings (SSSR count). The molecule has 1 aliphatic rings. The summed E-state index contributed by atoms with van der Waals surface area (Å²) >= 11 is 1.62. The molecule has 0 spiro atoms. The number of carbonyl (C=O) groups is 1. The van der Waals surface area contributed by atoms with Crippen LogP contribution in [0.2, 0.25) is 0 Å². The number of aromatic nitrogens is 1. The predicted octanol–water partition coefficient (Wildman–Crippen LogP) is 1.48. The van der Waals surface area contributed by atoms with Gasteiger partial charge in [-0.25, -0.2) is 4.98 Å². The minimum atomic E-state index is -0.165. The zero-order valence-electron chi connectivity index (χ0n) is 13.3. The Morgan fingerprint density at radius 1 is 1.43 bits per heavy atom. The van der Waals surface area contributed by atoms with Gasteiger partial charge in [0.05, 0.1) is 19.0 Å². The van der Waals surface area contributed by atoms with Crippen LogP contribution in [0.5, 0.6) is 0 Å². The molecule has 1 aromatic heterocycles. The molecule has 23 heavy (non-hydrogen) atoms. The number of rotatable bonds is 5. The van der Waals surface area contributed by atoms with Crippen molar-refractivity contribution < 1.29 is 9.69 Å². The van der Waals surface area contributed by atoms with Crippen LogP contribution in [0.1, 0.15) is 24.1 Å². The third-order valence-electron chi connectivity index (χ3n) is 4.31. The fourth-order valence-corrected chi connectivity index (χ4v) is 3.75. The molecule has 2 heterocycles. The fourth-order valence-electron chi connectivity index (χ4n) is 3.02. The lowest BCUT2D eigenvalue weighted by Crippen LogP contribution is -3.12. The number of primary amides is 1. The molecule has 0 saturated carbocycles. The highest BCUT2D eigenvalue weighted by Crippen LogP contribution is 2.21. The minimum absolute atomic E-state index is 0.0162. The zero-order chi connectivity index (χ0) is 16.2. The number of amides is 1. The summed E-state index contributed by atoms with van der Waals surface area (Å²) in [4.78, 5) is 17.4. The highest BCUT2D eigenvalue weighted by Gasteiger charge is 2.27. The molecular weight excluding hydrogens is 308 g/mol. The number of benzene rings is 1. The molecule has 2 aromatic rings. The summed E-state index contributed by atoms with van der Waals surface area (Å²) in [6.45, 7) is 4.84. The van der Waals surface area contributed by atoms with Crippen molar-refractivity contribution in [2.75, 3.05) is 18.4 Å². The number of carbonyl (C=O) groups excluding carboxylic acids is 1. The maximum absolute atomic E-state index is 11.4. The van der Waals surface area contributed by atoms with E-state index in [1.54, 1.807) is 11.3 Å². The number of likely N-dealkylation sites (tertiary alicyclic amines) is 1. The van der Waals surface area contributed by atoms with Gasteiger partial charge in [0.15, 0.2) is 5.13 Å². The van der Waals surface area contributed by atoms with Gasteiger partial charge in [0.2, 0.25) is 5.91 Å². The number of nitrogens with zero attached hydrogens (tertiary/aromatic N) is 1. The predicted molar refractivity (Wildman–Crippen MR) is 92.9 cm³/mol. The third kappa shape index (κ3) is 4.30. The monoisotopic (exact) mass is 331 g/mol. The van der Waals surface area contributed by atoms with Crippen molar-refractivity contribution >= 4 is 28.1 Å². The second-order valence-electron chi connectivity index (χ2n) is 6.26. The average Bonchev–Trinajstić information content (AvgIpc) is 2.97. The van der Waals surface area contributed by atoms with Gasteiger partial charge >= 0.3 is 0 Å². The van der Waals surface area contributed by atoms with Crippen molar-refractivity contribution in [2.45, 2.75) is 26.3 Å². The molecule has 0 aliphatic carbocycles. The van der Waals surface area contributed by atoms with Crippen LogP contribution in [-0.2, 0) is 11.3 Å². The van der Waals surface area contributed by atoms with Crippen LogP contribution >= 0.6 is 11.3 Å². The molecule has 6 heteroatoms. The first kappa shape index (κ1) is 16.0. The average molecular weight is 331 g/mol. The Bertz CT molecular complexity index is 667. The number of piperidine rings is 1. The minimum Gasteiger partial charge on any atom is -0.369 e. The lowest BCUT2D eigenvalue weighted by atomic mass is 9.97. The van der Waals surface area contributed by atoms with Crippen molar-refractivity contribution in [3.63, 3.8) is 0 Å². The van der Waals surface area contributed by atoms with Crippen molar-refractivity contribution in [1.82, 2.24) is 4.98 Å². The van der Waals surface area contributed by atoms with Gasteiger partial charge in [-0.15, -0.1) is 11.3 Å². The SMILES string of the molecule is Cc1ccc(Nc2nc(C[NH+]3CCC[C@@H](C(N)=O)C3)cs2)cc1. The molecule has 1 aliphatic heterocycles. The topological polar surface area (TPSA) is 72.5 Å². The largest absolute Gasteiger partial charge is 0.369 e. The van der Waals surface area contributed by atoms with Crippen LogP contribution in [0.3, 0.4) is 0 Å². The highest BCUT2D eigenvalue weighted by atomic mass is 32.1. The number of nitrogens with one attached hydrogen (secondary N) is 2. The molecular formula is C17H23N4OS+. The van der Waals surface area contributed by atoms with Crippen LogP contribution in [-0.4, -0.2) is 24.0 Å². The normalized spacial score (nSPS) is 21.1. The molecule has 4 N–H and O–H groups in total. The summed E-state index contributed by atoms with van der Waals surface area (Å²) in [5, 5.41) is 6.34. The first-order valence-electron chi connectivity index (χ1n) is 8.01. The second kappa shape index (κ2) is 7.10. The molecule has 1 fully saturated rings. The summed E-state index contributed by atoms with van der Waals surface area (Å²) in [5.41, 5.74) is 8.82. The van der Waals surface area contributed by atoms with E-state index in [4.69, 9.17) is 5.73 Å². The number of hydrogen-bond acceptors (Lipinski definition) is 4. The van der Waals surface area contributed by atoms with Gasteiger partial charge in [-0.05, 0) is 31.9 Å². The summed E-state index contributed by atoms with van der Waals surface area (Å²) in [6.07, 6.45) is 1.98. The number of nitrogens with two attached hydrogens (primary N) is 1. The Balaban J connectivity index is 1.58. The number of quaternary nitrogens is 1. The summed E-state index contributed by atoms with van der Waals surface area (Å²) in [7, 11) is 0. The van der Waals surface area contributed by atoms with E-state index in [1.807, 2.05) is 0 Å². The Kier molecular flexibility index (Phi) is 4.93. The molecule has 2 atom stereocenters. The lowest BCUT2D eigenvalue weighted by molar-refractivity contribution is -0.921. The maximum Gasteiger partial charge on any atom is 0.226 e. The standard InChI is InChI=1S/C17H22N4OS/c1-12-4-6-14(7-5-12)19-17-20-15(11-23-17)10-21-8-2-3-13(9-21)16(18)22/h4-7,11,13H,2-3,8-10H2,1H3,(H2,18,22)(H,19,20)/p+1/t13-/m1/s1. The molecule has 5 nitrogen and oxygen atoms in total. The maximum atomic E-state index is 11.4. The quantitative estimate of drug-likeness (QED) is 0.777. The number of hydrogen-bond donors (Lipinski definition) is 3. The molecule has 1 aromatic carbocycles. The Labute approximate surface area is 140 Å². The van der Waals surface area contributed by atoms with Crippen LogP contribution in [0.4, 0.5) is 10.8 Å². The van der Waals surface area contributed by atoms with E-state index in [-0.39, 0.29) is 11.8 Å². The molecule has 0 bridgehead atoms. The van der Waals surface area contributed by atoms with Gasteiger partial charge in [-0.3, -0.25) is 4.79 Å².